The molecule has 0 radical (unpaired) electrons. The molecule has 0 saturated heterocycles. The first kappa shape index (κ1) is 56.7. The van der Waals surface area contributed by atoms with Crippen LogP contribution in [0.3, 0.4) is 0 Å². The fourth-order valence-corrected chi connectivity index (χ4v) is 6.64. The normalized spacial score (nSPS) is 14.6. The quantitative estimate of drug-likeness (QED) is 0.0203. The minimum Gasteiger partial charge on any atom is -0.462 e. The Morgan fingerprint density at radius 2 is 1.08 bits per heavy atom. The molecule has 2 N–H and O–H groups in total. The average molecular weight is 853 g/mol. The van der Waals surface area contributed by atoms with Gasteiger partial charge in [-0.3, -0.25) is 18.6 Å². The van der Waals surface area contributed by atoms with Crippen molar-refractivity contribution >= 4 is 19.8 Å². The zero-order valence-corrected chi connectivity index (χ0v) is 39.0. The maximum Gasteiger partial charge on any atom is 0.472 e. The third-order valence-corrected chi connectivity index (χ3v) is 10.6. The molecule has 0 aliphatic carbocycles. The summed E-state index contributed by atoms with van der Waals surface area (Å²) >= 11 is 0. The van der Waals surface area contributed by atoms with Gasteiger partial charge in [0.2, 0.25) is 0 Å². The average Bonchev–Trinajstić information content (AvgIpc) is 3.18. The number of likely N-dealkylation sites (N-methyl/N-ethyl adjacent to an activating group) is 1. The number of allylic oxidation sites excluding steroid dienone is 9. The number of aliphatic hydroxyl groups excluding tert-OH is 1. The molecule has 3 atom stereocenters. The summed E-state index contributed by atoms with van der Waals surface area (Å²) in [7, 11) is 1.41. The second-order valence-corrected chi connectivity index (χ2v) is 18.1. The van der Waals surface area contributed by atoms with Crippen molar-refractivity contribution in [1.82, 2.24) is 0 Å². The number of esters is 2. The van der Waals surface area contributed by atoms with Crippen LogP contribution in [0.2, 0.25) is 0 Å². The van der Waals surface area contributed by atoms with Crippen molar-refractivity contribution in [3.63, 3.8) is 0 Å². The molecule has 10 nitrogen and oxygen atoms in total. The molecule has 0 fully saturated rings. The highest BCUT2D eigenvalue weighted by atomic mass is 31.2. The van der Waals surface area contributed by atoms with Crippen LogP contribution < -0.4 is 0 Å². The molecule has 0 rings (SSSR count). The summed E-state index contributed by atoms with van der Waals surface area (Å²) in [4.78, 5) is 35.4. The lowest BCUT2D eigenvalue weighted by molar-refractivity contribution is -0.870. The van der Waals surface area contributed by atoms with Gasteiger partial charge in [0.05, 0.1) is 33.9 Å². The fraction of sp³-hybridized carbons (Fsp3) is 0.750. The van der Waals surface area contributed by atoms with E-state index in [1.807, 2.05) is 39.4 Å². The molecule has 0 bridgehead atoms. The molecule has 0 saturated carbocycles. The Morgan fingerprint density at radius 1 is 0.593 bits per heavy atom. The minimum atomic E-state index is -4.40. The summed E-state index contributed by atoms with van der Waals surface area (Å²) in [5.41, 5.74) is 0. The van der Waals surface area contributed by atoms with Crippen molar-refractivity contribution in [3.05, 3.63) is 60.8 Å². The molecule has 0 aliphatic heterocycles. The Morgan fingerprint density at radius 3 is 1.68 bits per heavy atom. The Bertz CT molecular complexity index is 1210. The van der Waals surface area contributed by atoms with Crippen molar-refractivity contribution in [1.29, 1.82) is 0 Å². The van der Waals surface area contributed by atoms with Gasteiger partial charge in [-0.25, -0.2) is 4.57 Å². The van der Waals surface area contributed by atoms with E-state index in [-0.39, 0.29) is 32.2 Å². The van der Waals surface area contributed by atoms with Gasteiger partial charge >= 0.3 is 19.8 Å². The molecule has 0 aromatic rings. The molecule has 0 heterocycles. The highest BCUT2D eigenvalue weighted by molar-refractivity contribution is 7.47. The summed E-state index contributed by atoms with van der Waals surface area (Å²) in [5.74, 6) is -0.894. The van der Waals surface area contributed by atoms with Crippen LogP contribution in [-0.2, 0) is 32.7 Å². The Labute approximate surface area is 360 Å². The first-order chi connectivity index (χ1) is 28.4. The van der Waals surface area contributed by atoms with Crippen molar-refractivity contribution in [3.8, 4) is 0 Å². The number of ether oxygens (including phenoxy) is 2. The third kappa shape index (κ3) is 43.6. The van der Waals surface area contributed by atoms with Crippen LogP contribution in [0.15, 0.2) is 60.8 Å². The van der Waals surface area contributed by atoms with Gasteiger partial charge in [0.1, 0.15) is 19.8 Å². The Hall–Kier alpha value is -2.33. The van der Waals surface area contributed by atoms with Gasteiger partial charge < -0.3 is 24.0 Å². The monoisotopic (exact) mass is 853 g/mol. The van der Waals surface area contributed by atoms with Gasteiger partial charge in [0.25, 0.3) is 0 Å². The summed E-state index contributed by atoms with van der Waals surface area (Å²) in [5, 5.41) is 9.82. The van der Waals surface area contributed by atoms with Gasteiger partial charge in [-0.2, -0.15) is 0 Å². The summed E-state index contributed by atoms with van der Waals surface area (Å²) in [6, 6.07) is 0. The molecular weight excluding hydrogens is 766 g/mol. The standard InChI is InChI=1S/C48H86NO9P/c1-6-8-10-11-12-13-14-15-16-17-18-19-24-27-30-33-36-40-48(52)58-46(44-57-59(53,54)56-42-41-49(3,4)5)43-55-47(51)39-35-32-29-26-23-21-20-22-25-28-31-34-38-45(50)37-9-7-2/h15-16,20-21,25-26,28-29,34,38,45-46,50H,6-14,17-19,22-24,27,30-33,35-37,39-44H2,1-5H3/p+1/b16-15-,21-20-,28-25-,29-26-,38-34-/t45-,46+/m0/s1. The van der Waals surface area contributed by atoms with Crippen molar-refractivity contribution in [2.24, 2.45) is 0 Å². The van der Waals surface area contributed by atoms with Crippen LogP contribution in [0.25, 0.3) is 0 Å². The number of hydrogen-bond acceptors (Lipinski definition) is 8. The number of carbonyl (C=O) groups is 2. The fourth-order valence-electron chi connectivity index (χ4n) is 5.90. The molecule has 0 amide bonds. The summed E-state index contributed by atoms with van der Waals surface area (Å²) in [6.45, 7) is 4.18. The summed E-state index contributed by atoms with van der Waals surface area (Å²) in [6.07, 6.45) is 44.6. The van der Waals surface area contributed by atoms with Gasteiger partial charge in [0, 0.05) is 12.8 Å². The van der Waals surface area contributed by atoms with E-state index in [2.05, 4.69) is 56.4 Å². The number of carbonyl (C=O) groups excluding carboxylic acids is 2. The van der Waals surface area contributed by atoms with E-state index >= 15 is 0 Å². The lowest BCUT2D eigenvalue weighted by Gasteiger charge is -2.24. The number of hydrogen-bond donors (Lipinski definition) is 2. The van der Waals surface area contributed by atoms with Crippen LogP contribution in [0.5, 0.6) is 0 Å². The highest BCUT2D eigenvalue weighted by Gasteiger charge is 2.27. The summed E-state index contributed by atoms with van der Waals surface area (Å²) < 4.78 is 34.2. The first-order valence-corrected chi connectivity index (χ1v) is 24.6. The number of phosphoric ester groups is 1. The van der Waals surface area contributed by atoms with Crippen molar-refractivity contribution < 1.29 is 47.2 Å². The van der Waals surface area contributed by atoms with E-state index in [4.69, 9.17) is 18.5 Å². The van der Waals surface area contributed by atoms with Crippen LogP contribution >= 0.6 is 7.82 Å². The Balaban J connectivity index is 4.46. The molecule has 0 aliphatic rings. The predicted octanol–water partition coefficient (Wildman–Crippen LogP) is 12.2. The van der Waals surface area contributed by atoms with Crippen molar-refractivity contribution in [2.75, 3.05) is 47.5 Å². The number of nitrogens with zero attached hydrogens (tertiary/aromatic N) is 1. The number of aliphatic hydroxyl groups is 1. The van der Waals surface area contributed by atoms with E-state index in [0.717, 1.165) is 70.6 Å². The van der Waals surface area contributed by atoms with Gasteiger partial charge in [-0.1, -0.05) is 152 Å². The first-order valence-electron chi connectivity index (χ1n) is 23.1. The molecule has 0 spiro atoms. The predicted molar refractivity (Wildman–Crippen MR) is 244 cm³/mol. The second-order valence-electron chi connectivity index (χ2n) is 16.6. The van der Waals surface area contributed by atoms with Gasteiger partial charge in [0.15, 0.2) is 6.10 Å². The molecule has 0 aromatic carbocycles. The van der Waals surface area contributed by atoms with E-state index < -0.39 is 32.5 Å². The molecule has 0 aromatic heterocycles. The topological polar surface area (TPSA) is 129 Å². The highest BCUT2D eigenvalue weighted by Crippen LogP contribution is 2.43. The lowest BCUT2D eigenvalue weighted by Crippen LogP contribution is -2.37. The maximum absolute atomic E-state index is 12.7. The second kappa shape index (κ2) is 39.8. The molecule has 11 heteroatoms. The number of unbranched alkanes of at least 4 members (excludes halogenated alkanes) is 15. The van der Waals surface area contributed by atoms with Crippen LogP contribution in [0.4, 0.5) is 0 Å². The van der Waals surface area contributed by atoms with E-state index in [9.17, 15) is 24.2 Å². The van der Waals surface area contributed by atoms with Crippen LogP contribution in [0.1, 0.15) is 174 Å². The van der Waals surface area contributed by atoms with Crippen LogP contribution in [-0.4, -0.2) is 86.1 Å². The van der Waals surface area contributed by atoms with E-state index in [1.54, 1.807) is 0 Å². The maximum atomic E-state index is 12.7. The van der Waals surface area contributed by atoms with Gasteiger partial charge in [-0.15, -0.1) is 0 Å². The Kier molecular flexibility index (Phi) is 38.2. The zero-order valence-electron chi connectivity index (χ0n) is 38.1. The number of quaternary nitrogens is 1. The number of phosphoric acid groups is 1. The molecule has 59 heavy (non-hydrogen) atoms. The van der Waals surface area contributed by atoms with Crippen molar-refractivity contribution in [2.45, 2.75) is 187 Å². The van der Waals surface area contributed by atoms with E-state index in [0.29, 0.717) is 23.9 Å². The minimum absolute atomic E-state index is 0.0134. The smallest absolute Gasteiger partial charge is 0.462 e. The SMILES string of the molecule is CCCCCCCC/C=C\CCCCCCCCCC(=O)O[C@H](COC(=O)CCC/C=C\C/C=C\C/C=C\C/C=C\[C@@H](O)CCCC)COP(=O)(O)OCC[N+](C)(C)C. The molecular formula is C48H87NO9P+. The molecule has 342 valence electrons. The largest absolute Gasteiger partial charge is 0.472 e. The van der Waals surface area contributed by atoms with Crippen LogP contribution in [0, 0.1) is 0 Å². The molecule has 1 unspecified atom stereocenters. The lowest BCUT2D eigenvalue weighted by atomic mass is 10.1. The zero-order chi connectivity index (χ0) is 43.7. The van der Waals surface area contributed by atoms with E-state index in [1.165, 1.54) is 64.2 Å². The number of rotatable bonds is 41. The van der Waals surface area contributed by atoms with Gasteiger partial charge in [-0.05, 0) is 70.6 Å². The third-order valence-electron chi connectivity index (χ3n) is 9.59.